The van der Waals surface area contributed by atoms with Crippen LogP contribution >= 0.6 is 0 Å². The van der Waals surface area contributed by atoms with Crippen molar-refractivity contribution in [3.63, 3.8) is 0 Å². The van der Waals surface area contributed by atoms with Gasteiger partial charge < -0.3 is 20.7 Å². The first-order valence-corrected chi connectivity index (χ1v) is 9.55. The van der Waals surface area contributed by atoms with Crippen LogP contribution in [0.3, 0.4) is 0 Å². The third-order valence-corrected chi connectivity index (χ3v) is 4.54. The molecule has 4 rings (SSSR count). The lowest BCUT2D eigenvalue weighted by atomic mass is 10.0. The Morgan fingerprint density at radius 3 is 2.72 bits per heavy atom. The fraction of sp³-hybridized carbons (Fsp3) is 0.238. The van der Waals surface area contributed by atoms with Gasteiger partial charge in [-0.3, -0.25) is 9.78 Å². The number of anilines is 3. The zero-order valence-corrected chi connectivity index (χ0v) is 15.8. The van der Waals surface area contributed by atoms with E-state index in [1.54, 1.807) is 12.4 Å². The van der Waals surface area contributed by atoms with Crippen LogP contribution in [-0.4, -0.2) is 40.3 Å². The van der Waals surface area contributed by atoms with Crippen LogP contribution in [0.25, 0.3) is 0 Å². The molecular formula is C21H22N6O2. The molecule has 0 fully saturated rings. The van der Waals surface area contributed by atoms with Crippen LogP contribution in [0.15, 0.2) is 60.9 Å². The summed E-state index contributed by atoms with van der Waals surface area (Å²) in [5, 5.41) is 17.4. The van der Waals surface area contributed by atoms with E-state index in [-0.39, 0.29) is 5.91 Å². The molecule has 1 aliphatic heterocycles. The number of ether oxygens (including phenoxy) is 1. The molecule has 0 spiro atoms. The maximum Gasteiger partial charge on any atom is 0.261 e. The fourth-order valence-electron chi connectivity index (χ4n) is 3.08. The van der Waals surface area contributed by atoms with Crippen LogP contribution in [0.5, 0.6) is 5.75 Å². The highest BCUT2D eigenvalue weighted by Crippen LogP contribution is 2.26. The first-order chi connectivity index (χ1) is 14.3. The van der Waals surface area contributed by atoms with Gasteiger partial charge in [-0.1, -0.05) is 18.2 Å². The van der Waals surface area contributed by atoms with Crippen molar-refractivity contribution >= 4 is 23.2 Å². The Balaban J connectivity index is 1.19. The zero-order valence-electron chi connectivity index (χ0n) is 15.8. The number of hydrogen-bond acceptors (Lipinski definition) is 7. The van der Waals surface area contributed by atoms with Crippen LogP contribution in [0, 0.1) is 0 Å². The summed E-state index contributed by atoms with van der Waals surface area (Å²) in [6, 6.07) is 15.2. The van der Waals surface area contributed by atoms with Crippen molar-refractivity contribution < 1.29 is 9.53 Å². The molecule has 3 N–H and O–H groups in total. The molecule has 2 aromatic heterocycles. The number of carbonyl (C=O) groups is 1. The molecule has 0 saturated carbocycles. The highest BCUT2D eigenvalue weighted by molar-refractivity contribution is 5.81. The SMILES string of the molecule is O=C(NCCNc1ccc(Nc2cccnc2)nn1)[C@@H]1CCc2ccccc2O1. The van der Waals surface area contributed by atoms with Crippen molar-refractivity contribution in [3.05, 3.63) is 66.5 Å². The van der Waals surface area contributed by atoms with E-state index in [0.717, 1.165) is 23.4 Å². The van der Waals surface area contributed by atoms with Crippen molar-refractivity contribution in [2.75, 3.05) is 23.7 Å². The van der Waals surface area contributed by atoms with E-state index in [2.05, 4.69) is 31.1 Å². The van der Waals surface area contributed by atoms with Gasteiger partial charge in [0.2, 0.25) is 0 Å². The van der Waals surface area contributed by atoms with Gasteiger partial charge in [0.05, 0.1) is 11.9 Å². The molecule has 0 radical (unpaired) electrons. The van der Waals surface area contributed by atoms with Gasteiger partial charge in [0.1, 0.15) is 11.6 Å². The average Bonchev–Trinajstić information content (AvgIpc) is 2.78. The lowest BCUT2D eigenvalue weighted by molar-refractivity contribution is -0.128. The number of nitrogens with one attached hydrogen (secondary N) is 3. The molecule has 8 nitrogen and oxygen atoms in total. The largest absolute Gasteiger partial charge is 0.480 e. The Bertz CT molecular complexity index is 949. The second-order valence-corrected chi connectivity index (χ2v) is 6.64. The summed E-state index contributed by atoms with van der Waals surface area (Å²) in [6.45, 7) is 1.01. The van der Waals surface area contributed by atoms with Crippen LogP contribution in [-0.2, 0) is 11.2 Å². The Kier molecular flexibility index (Phi) is 5.80. The lowest BCUT2D eigenvalue weighted by Crippen LogP contribution is -2.42. The normalized spacial score (nSPS) is 15.0. The summed E-state index contributed by atoms with van der Waals surface area (Å²) in [6.07, 6.45) is 4.52. The van der Waals surface area contributed by atoms with Gasteiger partial charge in [0.25, 0.3) is 5.91 Å². The number of benzene rings is 1. The van der Waals surface area contributed by atoms with Gasteiger partial charge in [-0.15, -0.1) is 10.2 Å². The number of rotatable bonds is 7. The molecule has 0 aliphatic carbocycles. The lowest BCUT2D eigenvalue weighted by Gasteiger charge is -2.25. The van der Waals surface area contributed by atoms with E-state index in [9.17, 15) is 4.79 Å². The maximum atomic E-state index is 12.3. The molecule has 8 heteroatoms. The highest BCUT2D eigenvalue weighted by Gasteiger charge is 2.25. The van der Waals surface area contributed by atoms with Crippen molar-refractivity contribution in [1.29, 1.82) is 0 Å². The molecular weight excluding hydrogens is 368 g/mol. The smallest absolute Gasteiger partial charge is 0.261 e. The molecule has 0 saturated heterocycles. The highest BCUT2D eigenvalue weighted by atomic mass is 16.5. The van der Waals surface area contributed by atoms with Crippen molar-refractivity contribution in [2.45, 2.75) is 18.9 Å². The third-order valence-electron chi connectivity index (χ3n) is 4.54. The molecule has 29 heavy (non-hydrogen) atoms. The molecule has 0 unspecified atom stereocenters. The second kappa shape index (κ2) is 9.01. The molecule has 1 atom stereocenters. The molecule has 1 amide bonds. The molecule has 0 bridgehead atoms. The minimum absolute atomic E-state index is 0.0941. The quantitative estimate of drug-likeness (QED) is 0.533. The van der Waals surface area contributed by atoms with E-state index >= 15 is 0 Å². The van der Waals surface area contributed by atoms with Gasteiger partial charge in [-0.25, -0.2) is 0 Å². The standard InChI is InChI=1S/C21H22N6O2/c28-21(18-8-7-15-4-1-2-6-17(15)29-18)24-13-12-23-19-9-10-20(27-26-19)25-16-5-3-11-22-14-16/h1-6,9-11,14,18H,7-8,12-13H2,(H,23,26)(H,24,28)(H,25,27)/t18-/m0/s1. The van der Waals surface area contributed by atoms with E-state index in [1.807, 2.05) is 48.5 Å². The summed E-state index contributed by atoms with van der Waals surface area (Å²) in [4.78, 5) is 16.4. The second-order valence-electron chi connectivity index (χ2n) is 6.64. The van der Waals surface area contributed by atoms with E-state index < -0.39 is 6.10 Å². The number of pyridine rings is 1. The molecule has 1 aliphatic rings. The van der Waals surface area contributed by atoms with E-state index in [0.29, 0.717) is 31.1 Å². The molecule has 3 aromatic rings. The van der Waals surface area contributed by atoms with Gasteiger partial charge in [0, 0.05) is 19.3 Å². The number of fused-ring (bicyclic) bond motifs is 1. The number of amides is 1. The molecule has 1 aromatic carbocycles. The van der Waals surface area contributed by atoms with Crippen molar-refractivity contribution in [1.82, 2.24) is 20.5 Å². The van der Waals surface area contributed by atoms with Gasteiger partial charge >= 0.3 is 0 Å². The van der Waals surface area contributed by atoms with Gasteiger partial charge in [0.15, 0.2) is 11.9 Å². The van der Waals surface area contributed by atoms with Crippen molar-refractivity contribution in [3.8, 4) is 5.75 Å². The minimum atomic E-state index is -0.442. The number of para-hydroxylation sites is 1. The number of carbonyl (C=O) groups excluding carboxylic acids is 1. The maximum absolute atomic E-state index is 12.3. The van der Waals surface area contributed by atoms with Gasteiger partial charge in [-0.2, -0.15) is 0 Å². The number of aryl methyl sites for hydroxylation is 1. The summed E-state index contributed by atoms with van der Waals surface area (Å²) in [5.41, 5.74) is 2.00. The Morgan fingerprint density at radius 2 is 1.90 bits per heavy atom. The molecule has 148 valence electrons. The average molecular weight is 390 g/mol. The van der Waals surface area contributed by atoms with Crippen molar-refractivity contribution in [2.24, 2.45) is 0 Å². The number of aromatic nitrogens is 3. The summed E-state index contributed by atoms with van der Waals surface area (Å²) in [5.74, 6) is 1.97. The fourth-order valence-corrected chi connectivity index (χ4v) is 3.08. The Hall–Kier alpha value is -3.68. The monoisotopic (exact) mass is 390 g/mol. The topological polar surface area (TPSA) is 101 Å². The predicted octanol–water partition coefficient (Wildman–Crippen LogP) is 2.54. The number of hydrogen-bond donors (Lipinski definition) is 3. The zero-order chi connectivity index (χ0) is 19.9. The first-order valence-electron chi connectivity index (χ1n) is 9.55. The van der Waals surface area contributed by atoms with E-state index in [4.69, 9.17) is 4.74 Å². The summed E-state index contributed by atoms with van der Waals surface area (Å²) >= 11 is 0. The Morgan fingerprint density at radius 1 is 1.03 bits per heavy atom. The number of nitrogens with zero attached hydrogens (tertiary/aromatic N) is 3. The third kappa shape index (κ3) is 4.98. The van der Waals surface area contributed by atoms with E-state index in [1.165, 1.54) is 0 Å². The summed E-state index contributed by atoms with van der Waals surface area (Å²) in [7, 11) is 0. The van der Waals surface area contributed by atoms with Crippen LogP contribution in [0.2, 0.25) is 0 Å². The predicted molar refractivity (Wildman–Crippen MR) is 110 cm³/mol. The summed E-state index contributed by atoms with van der Waals surface area (Å²) < 4.78 is 5.80. The van der Waals surface area contributed by atoms with Gasteiger partial charge in [-0.05, 0) is 48.7 Å². The van der Waals surface area contributed by atoms with Crippen LogP contribution < -0.4 is 20.7 Å². The van der Waals surface area contributed by atoms with Crippen LogP contribution in [0.1, 0.15) is 12.0 Å². The first kappa shape index (κ1) is 18.7. The molecule has 3 heterocycles. The minimum Gasteiger partial charge on any atom is -0.480 e. The Labute approximate surface area is 168 Å². The van der Waals surface area contributed by atoms with Crippen LogP contribution in [0.4, 0.5) is 17.3 Å².